The van der Waals surface area contributed by atoms with Gasteiger partial charge in [0.25, 0.3) is 5.89 Å². The number of nitrogens with zero attached hydrogens (tertiary/aromatic N) is 2. The standard InChI is InChI=1S/C13H17N3O/c1-10-5-3-6-11(9-10)13-15-12(16-17-13)7-4-8-14-2/h3,5-6,9,14H,4,7-8H2,1-2H3. The van der Waals surface area contributed by atoms with Gasteiger partial charge < -0.3 is 9.84 Å². The smallest absolute Gasteiger partial charge is 0.257 e. The summed E-state index contributed by atoms with van der Waals surface area (Å²) in [6, 6.07) is 8.08. The number of aryl methyl sites for hydroxylation is 2. The summed E-state index contributed by atoms with van der Waals surface area (Å²) >= 11 is 0. The molecule has 0 unspecified atom stereocenters. The van der Waals surface area contributed by atoms with Crippen molar-refractivity contribution in [2.75, 3.05) is 13.6 Å². The second-order valence-electron chi connectivity index (χ2n) is 4.09. The maximum absolute atomic E-state index is 5.25. The van der Waals surface area contributed by atoms with Crippen LogP contribution in [0.2, 0.25) is 0 Å². The quantitative estimate of drug-likeness (QED) is 0.801. The molecule has 0 saturated carbocycles. The lowest BCUT2D eigenvalue weighted by molar-refractivity contribution is 0.421. The minimum Gasteiger partial charge on any atom is -0.334 e. The van der Waals surface area contributed by atoms with Crippen molar-refractivity contribution in [3.63, 3.8) is 0 Å². The van der Waals surface area contributed by atoms with Gasteiger partial charge in [-0.15, -0.1) is 0 Å². The normalized spacial score (nSPS) is 10.7. The number of benzene rings is 1. The first-order chi connectivity index (χ1) is 8.29. The van der Waals surface area contributed by atoms with Crippen LogP contribution in [-0.2, 0) is 6.42 Å². The van der Waals surface area contributed by atoms with Gasteiger partial charge in [0.1, 0.15) is 0 Å². The van der Waals surface area contributed by atoms with Crippen LogP contribution in [-0.4, -0.2) is 23.7 Å². The molecule has 1 N–H and O–H groups in total. The van der Waals surface area contributed by atoms with Crippen molar-refractivity contribution in [3.05, 3.63) is 35.7 Å². The molecule has 1 aromatic carbocycles. The Morgan fingerprint density at radius 2 is 2.24 bits per heavy atom. The topological polar surface area (TPSA) is 51.0 Å². The van der Waals surface area contributed by atoms with E-state index in [0.717, 1.165) is 30.8 Å². The van der Waals surface area contributed by atoms with Crippen molar-refractivity contribution in [2.45, 2.75) is 19.8 Å². The van der Waals surface area contributed by atoms with Gasteiger partial charge in [-0.3, -0.25) is 0 Å². The SMILES string of the molecule is CNCCCc1noc(-c2cccc(C)c2)n1. The third-order valence-electron chi connectivity index (χ3n) is 2.56. The van der Waals surface area contributed by atoms with Crippen molar-refractivity contribution in [1.82, 2.24) is 15.5 Å². The Morgan fingerprint density at radius 1 is 1.35 bits per heavy atom. The predicted molar refractivity (Wildman–Crippen MR) is 66.7 cm³/mol. The number of aromatic nitrogens is 2. The molecule has 0 spiro atoms. The van der Waals surface area contributed by atoms with Gasteiger partial charge in [-0.2, -0.15) is 4.98 Å². The molecule has 0 atom stereocenters. The van der Waals surface area contributed by atoms with Crippen LogP contribution in [0.15, 0.2) is 28.8 Å². The second-order valence-corrected chi connectivity index (χ2v) is 4.09. The largest absolute Gasteiger partial charge is 0.334 e. The molecule has 2 aromatic rings. The van der Waals surface area contributed by atoms with Crippen LogP contribution in [0.5, 0.6) is 0 Å². The minimum atomic E-state index is 0.605. The van der Waals surface area contributed by atoms with Crippen LogP contribution in [0.25, 0.3) is 11.5 Å². The van der Waals surface area contributed by atoms with Crippen molar-refractivity contribution in [2.24, 2.45) is 0 Å². The second kappa shape index (κ2) is 5.59. The predicted octanol–water partition coefficient (Wildman–Crippen LogP) is 2.20. The Balaban J connectivity index is 2.07. The molecule has 1 aromatic heterocycles. The van der Waals surface area contributed by atoms with Gasteiger partial charge in [-0.05, 0) is 39.1 Å². The maximum Gasteiger partial charge on any atom is 0.257 e. The van der Waals surface area contributed by atoms with Gasteiger partial charge in [0.05, 0.1) is 0 Å². The van der Waals surface area contributed by atoms with E-state index in [2.05, 4.69) is 15.5 Å². The molecule has 17 heavy (non-hydrogen) atoms. The van der Waals surface area contributed by atoms with E-state index in [1.165, 1.54) is 5.56 Å². The number of nitrogens with one attached hydrogen (secondary N) is 1. The van der Waals surface area contributed by atoms with Crippen molar-refractivity contribution in [3.8, 4) is 11.5 Å². The molecule has 0 amide bonds. The molecule has 4 nitrogen and oxygen atoms in total. The molecule has 0 fully saturated rings. The highest BCUT2D eigenvalue weighted by atomic mass is 16.5. The number of rotatable bonds is 5. The Kier molecular flexibility index (Phi) is 3.88. The third-order valence-corrected chi connectivity index (χ3v) is 2.56. The zero-order chi connectivity index (χ0) is 12.1. The lowest BCUT2D eigenvalue weighted by atomic mass is 10.1. The molecule has 1 heterocycles. The average molecular weight is 231 g/mol. The van der Waals surface area contributed by atoms with Crippen molar-refractivity contribution >= 4 is 0 Å². The van der Waals surface area contributed by atoms with Gasteiger partial charge in [0.2, 0.25) is 0 Å². The summed E-state index contributed by atoms with van der Waals surface area (Å²) < 4.78 is 5.25. The van der Waals surface area contributed by atoms with Crippen LogP contribution < -0.4 is 5.32 Å². The van der Waals surface area contributed by atoms with E-state index >= 15 is 0 Å². The Hall–Kier alpha value is -1.68. The van der Waals surface area contributed by atoms with Gasteiger partial charge in [-0.1, -0.05) is 22.9 Å². The fourth-order valence-electron chi connectivity index (χ4n) is 1.67. The van der Waals surface area contributed by atoms with Crippen molar-refractivity contribution in [1.29, 1.82) is 0 Å². The monoisotopic (exact) mass is 231 g/mol. The van der Waals surface area contributed by atoms with E-state index in [1.54, 1.807) is 0 Å². The summed E-state index contributed by atoms with van der Waals surface area (Å²) in [4.78, 5) is 4.39. The zero-order valence-corrected chi connectivity index (χ0v) is 10.2. The summed E-state index contributed by atoms with van der Waals surface area (Å²) in [5.74, 6) is 1.38. The molecule has 0 bridgehead atoms. The Morgan fingerprint density at radius 3 is 3.00 bits per heavy atom. The lowest BCUT2D eigenvalue weighted by Crippen LogP contribution is -2.08. The minimum absolute atomic E-state index is 0.605. The van der Waals surface area contributed by atoms with Gasteiger partial charge in [-0.25, -0.2) is 0 Å². The van der Waals surface area contributed by atoms with E-state index in [0.29, 0.717) is 5.89 Å². The summed E-state index contributed by atoms with van der Waals surface area (Å²) in [7, 11) is 1.94. The summed E-state index contributed by atoms with van der Waals surface area (Å²) in [6.07, 6.45) is 1.86. The van der Waals surface area contributed by atoms with Crippen molar-refractivity contribution < 1.29 is 4.52 Å². The average Bonchev–Trinajstić information content (AvgIpc) is 2.78. The van der Waals surface area contributed by atoms with Gasteiger partial charge >= 0.3 is 0 Å². The molecule has 90 valence electrons. The van der Waals surface area contributed by atoms with Gasteiger partial charge in [0.15, 0.2) is 5.82 Å². The fourth-order valence-corrected chi connectivity index (χ4v) is 1.67. The van der Waals surface area contributed by atoms with Crippen LogP contribution in [0.1, 0.15) is 17.8 Å². The van der Waals surface area contributed by atoms with E-state index in [4.69, 9.17) is 4.52 Å². The first-order valence-electron chi connectivity index (χ1n) is 5.84. The maximum atomic E-state index is 5.25. The fraction of sp³-hybridized carbons (Fsp3) is 0.385. The molecular weight excluding hydrogens is 214 g/mol. The highest BCUT2D eigenvalue weighted by Crippen LogP contribution is 2.18. The molecular formula is C13H17N3O. The highest BCUT2D eigenvalue weighted by Gasteiger charge is 2.08. The molecule has 4 heteroatoms. The van der Waals surface area contributed by atoms with E-state index in [1.807, 2.05) is 38.2 Å². The Labute approximate surface area is 101 Å². The first-order valence-corrected chi connectivity index (χ1v) is 5.84. The first kappa shape index (κ1) is 11.8. The van der Waals surface area contributed by atoms with Gasteiger partial charge in [0, 0.05) is 12.0 Å². The molecule has 0 aliphatic heterocycles. The molecule has 0 aliphatic rings. The lowest BCUT2D eigenvalue weighted by Gasteiger charge is -1.95. The molecule has 0 aliphatic carbocycles. The summed E-state index contributed by atoms with van der Waals surface area (Å²) in [5.41, 5.74) is 2.18. The molecule has 0 radical (unpaired) electrons. The van der Waals surface area contributed by atoms with E-state index in [9.17, 15) is 0 Å². The molecule has 2 rings (SSSR count). The number of hydrogen-bond acceptors (Lipinski definition) is 4. The van der Waals surface area contributed by atoms with Crippen LogP contribution in [0, 0.1) is 6.92 Å². The third kappa shape index (κ3) is 3.14. The highest BCUT2D eigenvalue weighted by molar-refractivity contribution is 5.53. The summed E-state index contributed by atoms with van der Waals surface area (Å²) in [6.45, 7) is 3.02. The van der Waals surface area contributed by atoms with Crippen LogP contribution >= 0.6 is 0 Å². The number of hydrogen-bond donors (Lipinski definition) is 1. The summed E-state index contributed by atoms with van der Waals surface area (Å²) in [5, 5.41) is 7.08. The van der Waals surface area contributed by atoms with Crippen LogP contribution in [0.3, 0.4) is 0 Å². The zero-order valence-electron chi connectivity index (χ0n) is 10.2. The van der Waals surface area contributed by atoms with E-state index < -0.39 is 0 Å². The Bertz CT molecular complexity index is 479. The van der Waals surface area contributed by atoms with E-state index in [-0.39, 0.29) is 0 Å². The molecule has 0 saturated heterocycles. The van der Waals surface area contributed by atoms with Crippen LogP contribution in [0.4, 0.5) is 0 Å².